The minimum atomic E-state index is -0.434. The Balaban J connectivity index is 4.01. The lowest BCUT2D eigenvalue weighted by molar-refractivity contribution is 0.0312. The molecule has 0 aliphatic rings. The molecule has 0 radical (unpaired) electrons. The predicted octanol–water partition coefficient (Wildman–Crippen LogP) is 3.60. The van der Waals surface area contributed by atoms with Crippen LogP contribution in [0.1, 0.15) is 47.0 Å². The van der Waals surface area contributed by atoms with Crippen LogP contribution in [0.25, 0.3) is 0 Å². The molecule has 16 heavy (non-hydrogen) atoms. The molecule has 0 aromatic heterocycles. The van der Waals surface area contributed by atoms with E-state index in [1.807, 2.05) is 20.8 Å². The summed E-state index contributed by atoms with van der Waals surface area (Å²) >= 11 is 0. The number of ether oxygens (including phenoxy) is 1. The number of nitrogens with zero attached hydrogens (tertiary/aromatic N) is 1. The zero-order chi connectivity index (χ0) is 12.8. The standard InChI is InChI=1S/C13H25NO2/c1-7-8-9-11(2)10-14(6)12(15)16-13(3,4)5/h2,7-10H2,1,3-6H3. The normalized spacial score (nSPS) is 11.1. The first-order valence-electron chi connectivity index (χ1n) is 5.87. The highest BCUT2D eigenvalue weighted by Crippen LogP contribution is 2.11. The van der Waals surface area contributed by atoms with Crippen LogP contribution in [0.15, 0.2) is 12.2 Å². The molecule has 0 aromatic carbocycles. The lowest BCUT2D eigenvalue weighted by Gasteiger charge is -2.25. The van der Waals surface area contributed by atoms with Gasteiger partial charge in [-0.25, -0.2) is 4.79 Å². The van der Waals surface area contributed by atoms with E-state index in [9.17, 15) is 4.79 Å². The maximum atomic E-state index is 11.6. The highest BCUT2D eigenvalue weighted by atomic mass is 16.6. The van der Waals surface area contributed by atoms with Gasteiger partial charge in [0.25, 0.3) is 0 Å². The van der Waals surface area contributed by atoms with E-state index in [-0.39, 0.29) is 6.09 Å². The highest BCUT2D eigenvalue weighted by molar-refractivity contribution is 5.68. The third-order valence-corrected chi connectivity index (χ3v) is 2.05. The number of unbranched alkanes of at least 4 members (excludes halogenated alkanes) is 1. The zero-order valence-electron chi connectivity index (χ0n) is 11.3. The SMILES string of the molecule is C=C(CCCC)CN(C)C(=O)OC(C)(C)C. The summed E-state index contributed by atoms with van der Waals surface area (Å²) in [5, 5.41) is 0. The maximum Gasteiger partial charge on any atom is 0.410 e. The van der Waals surface area contributed by atoms with E-state index in [2.05, 4.69) is 13.5 Å². The van der Waals surface area contributed by atoms with E-state index in [0.29, 0.717) is 6.54 Å². The van der Waals surface area contributed by atoms with Crippen molar-refractivity contribution in [1.82, 2.24) is 4.90 Å². The minimum Gasteiger partial charge on any atom is -0.444 e. The van der Waals surface area contributed by atoms with Crippen LogP contribution in [0.2, 0.25) is 0 Å². The molecule has 3 heteroatoms. The van der Waals surface area contributed by atoms with Crippen molar-refractivity contribution in [3.63, 3.8) is 0 Å². The Morgan fingerprint density at radius 1 is 1.38 bits per heavy atom. The lowest BCUT2D eigenvalue weighted by Crippen LogP contribution is -2.35. The maximum absolute atomic E-state index is 11.6. The van der Waals surface area contributed by atoms with E-state index in [0.717, 1.165) is 24.8 Å². The molecule has 0 heterocycles. The number of hydrogen-bond donors (Lipinski definition) is 0. The highest BCUT2D eigenvalue weighted by Gasteiger charge is 2.19. The van der Waals surface area contributed by atoms with E-state index < -0.39 is 5.60 Å². The summed E-state index contributed by atoms with van der Waals surface area (Å²) in [5.41, 5.74) is 0.644. The van der Waals surface area contributed by atoms with Gasteiger partial charge in [-0.05, 0) is 33.6 Å². The molecule has 0 aliphatic heterocycles. The molecule has 0 spiro atoms. The minimum absolute atomic E-state index is 0.287. The topological polar surface area (TPSA) is 29.5 Å². The number of carbonyl (C=O) groups is 1. The molecule has 0 unspecified atom stereocenters. The fraction of sp³-hybridized carbons (Fsp3) is 0.769. The fourth-order valence-electron chi connectivity index (χ4n) is 1.25. The molecule has 94 valence electrons. The Kier molecular flexibility index (Phi) is 6.16. The summed E-state index contributed by atoms with van der Waals surface area (Å²) in [5.74, 6) is 0. The van der Waals surface area contributed by atoms with Gasteiger partial charge in [-0.3, -0.25) is 0 Å². The molecule has 0 saturated heterocycles. The Bertz CT molecular complexity index is 241. The van der Waals surface area contributed by atoms with Crippen LogP contribution in [0.5, 0.6) is 0 Å². The number of hydrogen-bond acceptors (Lipinski definition) is 2. The van der Waals surface area contributed by atoms with Crippen molar-refractivity contribution in [2.24, 2.45) is 0 Å². The quantitative estimate of drug-likeness (QED) is 0.672. The summed E-state index contributed by atoms with van der Waals surface area (Å²) in [6.45, 7) is 12.3. The summed E-state index contributed by atoms with van der Waals surface area (Å²) in [7, 11) is 1.74. The van der Waals surface area contributed by atoms with Crippen molar-refractivity contribution in [2.45, 2.75) is 52.6 Å². The average molecular weight is 227 g/mol. The molecule has 0 N–H and O–H groups in total. The lowest BCUT2D eigenvalue weighted by atomic mass is 10.1. The average Bonchev–Trinajstić information content (AvgIpc) is 2.11. The van der Waals surface area contributed by atoms with E-state index >= 15 is 0 Å². The molecule has 0 aliphatic carbocycles. The van der Waals surface area contributed by atoms with Crippen LogP contribution in [0, 0.1) is 0 Å². The molecule has 0 aromatic rings. The second-order valence-electron chi connectivity index (χ2n) is 5.19. The summed E-state index contributed by atoms with van der Waals surface area (Å²) in [6.07, 6.45) is 2.96. The van der Waals surface area contributed by atoms with Gasteiger partial charge in [-0.2, -0.15) is 0 Å². The largest absolute Gasteiger partial charge is 0.444 e. The van der Waals surface area contributed by atoms with Crippen molar-refractivity contribution in [3.8, 4) is 0 Å². The number of rotatable bonds is 5. The van der Waals surface area contributed by atoms with Crippen LogP contribution in [-0.2, 0) is 4.74 Å². The molecule has 0 saturated carbocycles. The van der Waals surface area contributed by atoms with Gasteiger partial charge in [0.2, 0.25) is 0 Å². The van der Waals surface area contributed by atoms with Crippen molar-refractivity contribution in [2.75, 3.05) is 13.6 Å². The van der Waals surface area contributed by atoms with E-state index in [1.165, 1.54) is 0 Å². The molecular formula is C13H25NO2. The molecule has 0 fully saturated rings. The van der Waals surface area contributed by atoms with Crippen LogP contribution < -0.4 is 0 Å². The Labute approximate surface area is 99.5 Å². The summed E-state index contributed by atoms with van der Waals surface area (Å²) < 4.78 is 5.25. The first kappa shape index (κ1) is 15.0. The van der Waals surface area contributed by atoms with Crippen LogP contribution in [-0.4, -0.2) is 30.2 Å². The number of carbonyl (C=O) groups excluding carboxylic acids is 1. The second-order valence-corrected chi connectivity index (χ2v) is 5.19. The Hall–Kier alpha value is -0.990. The van der Waals surface area contributed by atoms with Crippen molar-refractivity contribution in [1.29, 1.82) is 0 Å². The van der Waals surface area contributed by atoms with Crippen molar-refractivity contribution < 1.29 is 9.53 Å². The van der Waals surface area contributed by atoms with Gasteiger partial charge in [0.1, 0.15) is 5.60 Å². The van der Waals surface area contributed by atoms with Crippen LogP contribution in [0.3, 0.4) is 0 Å². The monoisotopic (exact) mass is 227 g/mol. The van der Waals surface area contributed by atoms with Gasteiger partial charge in [-0.1, -0.05) is 25.5 Å². The summed E-state index contributed by atoms with van der Waals surface area (Å²) in [4.78, 5) is 13.2. The molecule has 3 nitrogen and oxygen atoms in total. The fourth-order valence-corrected chi connectivity index (χ4v) is 1.25. The van der Waals surface area contributed by atoms with Crippen LogP contribution in [0.4, 0.5) is 4.79 Å². The van der Waals surface area contributed by atoms with Crippen molar-refractivity contribution >= 4 is 6.09 Å². The van der Waals surface area contributed by atoms with Crippen molar-refractivity contribution in [3.05, 3.63) is 12.2 Å². The van der Waals surface area contributed by atoms with Gasteiger partial charge >= 0.3 is 6.09 Å². The van der Waals surface area contributed by atoms with Gasteiger partial charge < -0.3 is 9.64 Å². The van der Waals surface area contributed by atoms with Gasteiger partial charge in [0.15, 0.2) is 0 Å². The number of likely N-dealkylation sites (N-methyl/N-ethyl adjacent to an activating group) is 1. The predicted molar refractivity (Wildman–Crippen MR) is 67.5 cm³/mol. The molecule has 0 rings (SSSR count). The third kappa shape index (κ3) is 7.32. The number of amides is 1. The molecule has 1 amide bonds. The molecule has 0 bridgehead atoms. The first-order valence-corrected chi connectivity index (χ1v) is 5.87. The van der Waals surface area contributed by atoms with Crippen LogP contribution >= 0.6 is 0 Å². The third-order valence-electron chi connectivity index (χ3n) is 2.05. The summed E-state index contributed by atoms with van der Waals surface area (Å²) in [6, 6.07) is 0. The van der Waals surface area contributed by atoms with Gasteiger partial charge in [0.05, 0.1) is 0 Å². The van der Waals surface area contributed by atoms with E-state index in [4.69, 9.17) is 4.74 Å². The molecule has 0 atom stereocenters. The zero-order valence-corrected chi connectivity index (χ0v) is 11.3. The van der Waals surface area contributed by atoms with Gasteiger partial charge in [0, 0.05) is 13.6 Å². The van der Waals surface area contributed by atoms with Gasteiger partial charge in [-0.15, -0.1) is 0 Å². The Morgan fingerprint density at radius 2 is 1.94 bits per heavy atom. The Morgan fingerprint density at radius 3 is 2.38 bits per heavy atom. The second kappa shape index (κ2) is 6.56. The first-order chi connectivity index (χ1) is 7.26. The molecular weight excluding hydrogens is 202 g/mol. The van der Waals surface area contributed by atoms with E-state index in [1.54, 1.807) is 11.9 Å². The smallest absolute Gasteiger partial charge is 0.410 e.